The van der Waals surface area contributed by atoms with Crippen LogP contribution in [0.3, 0.4) is 0 Å². The number of piperidine rings is 1. The van der Waals surface area contributed by atoms with Crippen molar-refractivity contribution in [2.75, 3.05) is 13.2 Å². The topological polar surface area (TPSA) is 129 Å². The normalized spacial score (nSPS) is 34.3. The molecule has 0 spiro atoms. The molecule has 0 radical (unpaired) electrons. The largest absolute Gasteiger partial charge is 0.460 e. The Balaban J connectivity index is 1.75. The van der Waals surface area contributed by atoms with Crippen molar-refractivity contribution in [1.29, 1.82) is 0 Å². The van der Waals surface area contributed by atoms with E-state index in [0.717, 1.165) is 5.56 Å². The number of nitrogens with one attached hydrogen (secondary N) is 1. The Morgan fingerprint density at radius 1 is 1.00 bits per heavy atom. The van der Waals surface area contributed by atoms with Crippen LogP contribution in [0.5, 0.6) is 0 Å². The van der Waals surface area contributed by atoms with E-state index in [4.69, 9.17) is 23.7 Å². The van der Waals surface area contributed by atoms with Gasteiger partial charge in [0.25, 0.3) is 0 Å². The van der Waals surface area contributed by atoms with Crippen molar-refractivity contribution in [1.82, 2.24) is 10.2 Å². The number of esters is 3. The number of amides is 1. The van der Waals surface area contributed by atoms with Crippen LogP contribution in [0.2, 0.25) is 0 Å². The molecule has 38 heavy (non-hydrogen) atoms. The highest BCUT2D eigenvalue weighted by Crippen LogP contribution is 2.50. The summed E-state index contributed by atoms with van der Waals surface area (Å²) in [7, 11) is 0. The number of hydrogen-bond donors (Lipinski definition) is 1. The van der Waals surface area contributed by atoms with Crippen LogP contribution in [-0.2, 0) is 42.9 Å². The van der Waals surface area contributed by atoms with Crippen molar-refractivity contribution in [2.45, 2.75) is 95.8 Å². The van der Waals surface area contributed by atoms with Crippen molar-refractivity contribution in [2.24, 2.45) is 0 Å². The predicted molar refractivity (Wildman–Crippen MR) is 132 cm³/mol. The van der Waals surface area contributed by atoms with E-state index in [1.54, 1.807) is 20.8 Å². The van der Waals surface area contributed by atoms with Crippen LogP contribution in [-0.4, -0.2) is 83.4 Å². The van der Waals surface area contributed by atoms with Gasteiger partial charge in [0.2, 0.25) is 5.91 Å². The zero-order valence-electron chi connectivity index (χ0n) is 22.6. The fourth-order valence-corrected chi connectivity index (χ4v) is 5.40. The maximum absolute atomic E-state index is 13.5. The average molecular weight is 533 g/mol. The second-order valence-electron chi connectivity index (χ2n) is 11.1. The molecule has 3 aliphatic heterocycles. The molecule has 0 aliphatic carbocycles. The second-order valence-corrected chi connectivity index (χ2v) is 11.1. The third kappa shape index (κ3) is 6.00. The van der Waals surface area contributed by atoms with Gasteiger partial charge in [0.15, 0.2) is 12.4 Å². The molecule has 1 aromatic carbocycles. The summed E-state index contributed by atoms with van der Waals surface area (Å²) in [5, 5.41) is 2.90. The fraction of sp³-hybridized carbons (Fsp3) is 0.630. The van der Waals surface area contributed by atoms with Crippen molar-refractivity contribution >= 4 is 23.8 Å². The molecular weight excluding hydrogens is 496 g/mol. The van der Waals surface area contributed by atoms with Crippen LogP contribution in [0, 0.1) is 0 Å². The minimum atomic E-state index is -1.09. The van der Waals surface area contributed by atoms with E-state index in [9.17, 15) is 19.2 Å². The zero-order chi connectivity index (χ0) is 27.8. The number of fused-ring (bicyclic) bond motifs is 1. The first kappa shape index (κ1) is 28.0. The molecule has 3 heterocycles. The maximum atomic E-state index is 13.5. The molecule has 3 aliphatic rings. The summed E-state index contributed by atoms with van der Waals surface area (Å²) in [4.78, 5) is 51.8. The van der Waals surface area contributed by atoms with Crippen LogP contribution in [0.25, 0.3) is 0 Å². The summed E-state index contributed by atoms with van der Waals surface area (Å²) >= 11 is 0. The third-order valence-corrected chi connectivity index (χ3v) is 6.80. The van der Waals surface area contributed by atoms with Gasteiger partial charge in [0.1, 0.15) is 23.3 Å². The van der Waals surface area contributed by atoms with Gasteiger partial charge in [-0.05, 0) is 20.8 Å². The lowest BCUT2D eigenvalue weighted by Gasteiger charge is -2.47. The average Bonchev–Trinajstić information content (AvgIpc) is 3.54. The molecular formula is C27H36N2O9. The Morgan fingerprint density at radius 3 is 2.21 bits per heavy atom. The van der Waals surface area contributed by atoms with Crippen LogP contribution >= 0.6 is 0 Å². The van der Waals surface area contributed by atoms with Gasteiger partial charge < -0.3 is 29.0 Å². The molecule has 0 saturated carbocycles. The van der Waals surface area contributed by atoms with Gasteiger partial charge in [0, 0.05) is 39.3 Å². The van der Waals surface area contributed by atoms with Crippen LogP contribution in [0.1, 0.15) is 59.8 Å². The van der Waals surface area contributed by atoms with Crippen molar-refractivity contribution in [3.8, 4) is 0 Å². The van der Waals surface area contributed by atoms with Crippen LogP contribution in [0.4, 0.5) is 0 Å². The molecule has 11 heteroatoms. The SMILES string of the molecule is CC(=O)N[C@H]1[C@H]([C@@H]2O[C@H](c3ccccc3)OC[C@H]2OC(C)=O)N2C[C@@]2(C(=O)OC(C)(C)C)C[C@@H]1OC(C)=O. The predicted octanol–water partition coefficient (Wildman–Crippen LogP) is 1.64. The first-order chi connectivity index (χ1) is 17.8. The summed E-state index contributed by atoms with van der Waals surface area (Å²) in [6.45, 7) is 9.58. The van der Waals surface area contributed by atoms with Crippen molar-refractivity contribution < 1.29 is 42.9 Å². The molecule has 1 unspecified atom stereocenters. The number of carbonyl (C=O) groups is 4. The Morgan fingerprint density at radius 2 is 1.63 bits per heavy atom. The third-order valence-electron chi connectivity index (χ3n) is 6.80. The first-order valence-electron chi connectivity index (χ1n) is 12.7. The van der Waals surface area contributed by atoms with E-state index < -0.39 is 65.7 Å². The van der Waals surface area contributed by atoms with E-state index in [0.29, 0.717) is 6.54 Å². The van der Waals surface area contributed by atoms with Crippen LogP contribution < -0.4 is 5.32 Å². The van der Waals surface area contributed by atoms with Gasteiger partial charge >= 0.3 is 17.9 Å². The summed E-state index contributed by atoms with van der Waals surface area (Å²) in [5.74, 6) is -1.88. The number of hydrogen-bond acceptors (Lipinski definition) is 10. The Bertz CT molecular complexity index is 1070. The monoisotopic (exact) mass is 532 g/mol. The van der Waals surface area contributed by atoms with Gasteiger partial charge in [-0.2, -0.15) is 0 Å². The molecule has 8 atom stereocenters. The highest BCUT2D eigenvalue weighted by molar-refractivity contribution is 5.86. The quantitative estimate of drug-likeness (QED) is 0.328. The zero-order valence-corrected chi connectivity index (χ0v) is 22.6. The molecule has 1 amide bonds. The number of benzene rings is 1. The Hall–Kier alpha value is -3.02. The van der Waals surface area contributed by atoms with Gasteiger partial charge in [-0.3, -0.25) is 19.3 Å². The number of rotatable bonds is 6. The Kier molecular flexibility index (Phi) is 7.83. The number of nitrogens with zero attached hydrogens (tertiary/aromatic N) is 1. The van der Waals surface area contributed by atoms with Crippen molar-refractivity contribution in [3.63, 3.8) is 0 Å². The van der Waals surface area contributed by atoms with E-state index in [2.05, 4.69) is 5.32 Å². The molecule has 0 bridgehead atoms. The summed E-state index contributed by atoms with van der Waals surface area (Å²) < 4.78 is 29.4. The van der Waals surface area contributed by atoms with E-state index >= 15 is 0 Å². The molecule has 1 aromatic rings. The lowest BCUT2D eigenvalue weighted by Crippen LogP contribution is -2.67. The van der Waals surface area contributed by atoms with Gasteiger partial charge in [-0.15, -0.1) is 0 Å². The molecule has 1 N–H and O–H groups in total. The second kappa shape index (κ2) is 10.6. The number of carbonyl (C=O) groups excluding carboxylic acids is 4. The summed E-state index contributed by atoms with van der Waals surface area (Å²) in [6.07, 6.45) is -3.19. The lowest BCUT2D eigenvalue weighted by molar-refractivity contribution is -0.276. The van der Waals surface area contributed by atoms with E-state index in [1.807, 2.05) is 35.2 Å². The Labute approximate surface area is 222 Å². The first-order valence-corrected chi connectivity index (χ1v) is 12.7. The molecule has 3 saturated heterocycles. The molecule has 3 fully saturated rings. The van der Waals surface area contributed by atoms with E-state index in [-0.39, 0.29) is 18.9 Å². The van der Waals surface area contributed by atoms with Crippen LogP contribution in [0.15, 0.2) is 30.3 Å². The highest BCUT2D eigenvalue weighted by Gasteiger charge is 2.71. The standard InChI is InChI=1S/C27H36N2O9/c1-15(30)28-21-19(35-16(2)31)12-27(25(33)38-26(4,5)6)14-29(27)22(21)23-20(36-17(3)32)13-34-24(37-23)18-10-8-7-9-11-18/h7-11,19-24H,12-14H2,1-6H3,(H,28,30)/t19-,20+,21+,22+,23+,24+,27+,29?/m0/s1. The van der Waals surface area contributed by atoms with Crippen molar-refractivity contribution in [3.05, 3.63) is 35.9 Å². The summed E-state index contributed by atoms with van der Waals surface area (Å²) in [5.41, 5.74) is -1.07. The van der Waals surface area contributed by atoms with E-state index in [1.165, 1.54) is 20.8 Å². The number of ether oxygens (including phenoxy) is 5. The minimum absolute atomic E-state index is 0.0264. The molecule has 11 nitrogen and oxygen atoms in total. The lowest BCUT2D eigenvalue weighted by atomic mass is 9.84. The fourth-order valence-electron chi connectivity index (χ4n) is 5.40. The highest BCUT2D eigenvalue weighted by atomic mass is 16.7. The molecule has 0 aromatic heterocycles. The molecule has 208 valence electrons. The summed E-state index contributed by atoms with van der Waals surface area (Å²) in [6, 6.07) is 7.81. The molecule has 4 rings (SSSR count). The van der Waals surface area contributed by atoms with Gasteiger partial charge in [-0.25, -0.2) is 4.79 Å². The maximum Gasteiger partial charge on any atom is 0.328 e. The van der Waals surface area contributed by atoms with Gasteiger partial charge in [-0.1, -0.05) is 30.3 Å². The minimum Gasteiger partial charge on any atom is -0.460 e. The van der Waals surface area contributed by atoms with Gasteiger partial charge in [0.05, 0.1) is 18.7 Å². The smallest absolute Gasteiger partial charge is 0.328 e.